The fraction of sp³-hybridized carbons (Fsp3) is 0.333. The summed E-state index contributed by atoms with van der Waals surface area (Å²) in [5.41, 5.74) is 1.52. The molecule has 2 aromatic carbocycles. The van der Waals surface area contributed by atoms with Crippen molar-refractivity contribution in [2.24, 2.45) is 0 Å². The van der Waals surface area contributed by atoms with Crippen LogP contribution in [0.25, 0.3) is 0 Å². The van der Waals surface area contributed by atoms with Gasteiger partial charge in [0, 0.05) is 6.54 Å². The van der Waals surface area contributed by atoms with Crippen LogP contribution in [0.5, 0.6) is 0 Å². The van der Waals surface area contributed by atoms with Gasteiger partial charge in [-0.1, -0.05) is 103 Å². The molecule has 2 unspecified atom stereocenters. The third-order valence-corrected chi connectivity index (χ3v) is 7.21. The van der Waals surface area contributed by atoms with Crippen molar-refractivity contribution < 1.29 is 4.43 Å². The molecule has 0 spiro atoms. The Labute approximate surface area is 161 Å². The van der Waals surface area contributed by atoms with Gasteiger partial charge in [-0.3, -0.25) is 5.32 Å². The van der Waals surface area contributed by atoms with Crippen LogP contribution in [0.1, 0.15) is 26.3 Å². The summed E-state index contributed by atoms with van der Waals surface area (Å²) in [5.74, 6) is 0. The second kappa shape index (κ2) is 8.00. The molecule has 1 aliphatic heterocycles. The highest BCUT2D eigenvalue weighted by Crippen LogP contribution is 2.21. The van der Waals surface area contributed by atoms with Gasteiger partial charge >= 0.3 is 0 Å². The number of rotatable bonds is 4. The van der Waals surface area contributed by atoms with Crippen LogP contribution >= 0.6 is 15.9 Å². The van der Waals surface area contributed by atoms with Crippen LogP contribution in [0.2, 0.25) is 0 Å². The molecular weight excluding hydrogens is 390 g/mol. The lowest BCUT2D eigenvalue weighted by Gasteiger charge is -2.26. The zero-order valence-corrected chi connectivity index (χ0v) is 17.6. The first kappa shape index (κ1) is 18.6. The number of hydrogen-bond donors (Lipinski definition) is 1. The van der Waals surface area contributed by atoms with Gasteiger partial charge in [0.05, 0.1) is 11.1 Å². The van der Waals surface area contributed by atoms with Gasteiger partial charge in [-0.05, 0) is 21.4 Å². The maximum atomic E-state index is 6.57. The van der Waals surface area contributed by atoms with Gasteiger partial charge in [-0.25, -0.2) is 0 Å². The predicted molar refractivity (Wildman–Crippen MR) is 111 cm³/mol. The third-order valence-electron chi connectivity index (χ3n) is 4.33. The summed E-state index contributed by atoms with van der Waals surface area (Å²) in [6.45, 7) is 7.57. The van der Waals surface area contributed by atoms with Crippen molar-refractivity contribution >= 4 is 35.3 Å². The number of nitrogens with one attached hydrogen (secondary N) is 1. The SMILES string of the molecule is CC(C)(C)c1ccc([Si](OC2C=CC(Br)NC2)c2ccccc2)cc1. The standard InChI is InChI=1S/C21H25BrNOSi/c1-21(2,3)16-9-12-19(13-10-16)25(18-7-5-4-6-8-18)24-17-11-14-20(22)23-15-17/h4-14,17,20,23H,15H2,1-3H3. The van der Waals surface area contributed by atoms with E-state index in [-0.39, 0.29) is 16.5 Å². The van der Waals surface area contributed by atoms with Crippen LogP contribution in [0.4, 0.5) is 0 Å². The molecule has 0 aromatic heterocycles. The van der Waals surface area contributed by atoms with Crippen LogP contribution < -0.4 is 15.7 Å². The van der Waals surface area contributed by atoms with Crippen molar-refractivity contribution in [2.45, 2.75) is 37.2 Å². The predicted octanol–water partition coefficient (Wildman–Crippen LogP) is 3.36. The Morgan fingerprint density at radius 2 is 1.60 bits per heavy atom. The lowest BCUT2D eigenvalue weighted by atomic mass is 9.87. The molecule has 0 saturated carbocycles. The van der Waals surface area contributed by atoms with E-state index in [0.717, 1.165) is 6.54 Å². The van der Waals surface area contributed by atoms with Gasteiger partial charge in [0.15, 0.2) is 0 Å². The van der Waals surface area contributed by atoms with Gasteiger partial charge in [-0.15, -0.1) is 0 Å². The first-order valence-corrected chi connectivity index (χ1v) is 11.0. The molecule has 1 heterocycles. The molecule has 2 aromatic rings. The molecule has 1 N–H and O–H groups in total. The average molecular weight is 415 g/mol. The molecule has 2 nitrogen and oxygen atoms in total. The molecule has 0 amide bonds. The first-order chi connectivity index (χ1) is 11.9. The van der Waals surface area contributed by atoms with Crippen molar-refractivity contribution in [3.8, 4) is 0 Å². The minimum absolute atomic E-state index is 0.102. The Bertz CT molecular complexity index is 709. The van der Waals surface area contributed by atoms with Crippen molar-refractivity contribution in [3.05, 3.63) is 72.3 Å². The highest BCUT2D eigenvalue weighted by molar-refractivity contribution is 9.09. The van der Waals surface area contributed by atoms with Gasteiger partial charge < -0.3 is 4.43 Å². The van der Waals surface area contributed by atoms with E-state index in [2.05, 4.69) is 109 Å². The van der Waals surface area contributed by atoms with Crippen LogP contribution in [-0.2, 0) is 9.84 Å². The molecule has 3 rings (SSSR count). The highest BCUT2D eigenvalue weighted by Gasteiger charge is 2.25. The van der Waals surface area contributed by atoms with Crippen molar-refractivity contribution in [1.29, 1.82) is 0 Å². The Morgan fingerprint density at radius 3 is 2.16 bits per heavy atom. The molecule has 131 valence electrons. The second-order valence-corrected chi connectivity index (χ2v) is 10.4. The number of benzene rings is 2. The molecule has 2 atom stereocenters. The summed E-state index contributed by atoms with van der Waals surface area (Å²) in [4.78, 5) is 0.241. The largest absolute Gasteiger partial charge is 0.399 e. The van der Waals surface area contributed by atoms with E-state index >= 15 is 0 Å². The summed E-state index contributed by atoms with van der Waals surface area (Å²) >= 11 is 3.55. The lowest BCUT2D eigenvalue weighted by Crippen LogP contribution is -2.49. The molecule has 0 fully saturated rings. The summed E-state index contributed by atoms with van der Waals surface area (Å²) < 4.78 is 6.57. The Morgan fingerprint density at radius 1 is 0.960 bits per heavy atom. The van der Waals surface area contributed by atoms with Gasteiger partial charge in [0.25, 0.3) is 9.04 Å². The molecule has 25 heavy (non-hydrogen) atoms. The molecular formula is C21H25BrNOSi. The molecule has 1 aliphatic rings. The van der Waals surface area contributed by atoms with E-state index in [9.17, 15) is 0 Å². The number of hydrogen-bond acceptors (Lipinski definition) is 2. The minimum atomic E-state index is -1.28. The maximum Gasteiger partial charge on any atom is 0.283 e. The molecule has 0 saturated heterocycles. The number of halogens is 1. The second-order valence-electron chi connectivity index (χ2n) is 7.37. The average Bonchev–Trinajstić information content (AvgIpc) is 2.61. The number of alkyl halides is 1. The molecule has 1 radical (unpaired) electrons. The third kappa shape index (κ3) is 4.91. The fourth-order valence-corrected chi connectivity index (χ4v) is 5.23. The Kier molecular flexibility index (Phi) is 5.95. The van der Waals surface area contributed by atoms with Gasteiger partial charge in [0.1, 0.15) is 0 Å². The van der Waals surface area contributed by atoms with Crippen LogP contribution in [-0.4, -0.2) is 26.6 Å². The summed E-state index contributed by atoms with van der Waals surface area (Å²) in [6, 6.07) is 19.6. The van der Waals surface area contributed by atoms with E-state index in [0.29, 0.717) is 0 Å². The highest BCUT2D eigenvalue weighted by atomic mass is 79.9. The zero-order chi connectivity index (χ0) is 17.9. The Hall–Kier alpha value is -1.20. The first-order valence-electron chi connectivity index (χ1n) is 8.69. The quantitative estimate of drug-likeness (QED) is 0.358. The summed E-state index contributed by atoms with van der Waals surface area (Å²) in [6.07, 6.45) is 4.37. The smallest absolute Gasteiger partial charge is 0.283 e. The summed E-state index contributed by atoms with van der Waals surface area (Å²) in [5, 5.41) is 5.96. The van der Waals surface area contributed by atoms with Crippen LogP contribution in [0, 0.1) is 0 Å². The van der Waals surface area contributed by atoms with Crippen LogP contribution in [0.3, 0.4) is 0 Å². The summed E-state index contributed by atoms with van der Waals surface area (Å²) in [7, 11) is -1.28. The lowest BCUT2D eigenvalue weighted by molar-refractivity contribution is 0.249. The van der Waals surface area contributed by atoms with Crippen molar-refractivity contribution in [1.82, 2.24) is 5.32 Å². The van der Waals surface area contributed by atoms with Crippen molar-refractivity contribution in [3.63, 3.8) is 0 Å². The normalized spacial score (nSPS) is 20.8. The fourth-order valence-electron chi connectivity index (χ4n) is 2.83. The van der Waals surface area contributed by atoms with E-state index in [1.807, 2.05) is 0 Å². The topological polar surface area (TPSA) is 21.3 Å². The molecule has 0 aliphatic carbocycles. The molecule has 0 bridgehead atoms. The van der Waals surface area contributed by atoms with Crippen molar-refractivity contribution in [2.75, 3.05) is 6.54 Å². The maximum absolute atomic E-state index is 6.57. The monoisotopic (exact) mass is 414 g/mol. The van der Waals surface area contributed by atoms with E-state index < -0.39 is 9.04 Å². The van der Waals surface area contributed by atoms with E-state index in [4.69, 9.17) is 4.43 Å². The van der Waals surface area contributed by atoms with Crippen LogP contribution in [0.15, 0.2) is 66.7 Å². The van der Waals surface area contributed by atoms with Gasteiger partial charge in [-0.2, -0.15) is 0 Å². The Balaban J connectivity index is 1.88. The zero-order valence-electron chi connectivity index (χ0n) is 15.0. The van der Waals surface area contributed by atoms with Gasteiger partial charge in [0.2, 0.25) is 0 Å². The van der Waals surface area contributed by atoms with E-state index in [1.54, 1.807) is 0 Å². The van der Waals surface area contributed by atoms with E-state index in [1.165, 1.54) is 15.9 Å². The molecule has 4 heteroatoms. The minimum Gasteiger partial charge on any atom is -0.399 e.